The van der Waals surface area contributed by atoms with E-state index < -0.39 is 21.6 Å². The van der Waals surface area contributed by atoms with Gasteiger partial charge >= 0.3 is 0 Å². The first kappa shape index (κ1) is 36.2. The molecule has 0 bridgehead atoms. The van der Waals surface area contributed by atoms with Crippen molar-refractivity contribution in [2.45, 2.75) is 66.6 Å². The monoisotopic (exact) mass is 720 g/mol. The van der Waals surface area contributed by atoms with E-state index in [2.05, 4.69) is 159 Å². The van der Waals surface area contributed by atoms with Gasteiger partial charge in [-0.05, 0) is 98.8 Å². The highest BCUT2D eigenvalue weighted by molar-refractivity contribution is 7.80. The van der Waals surface area contributed by atoms with Crippen LogP contribution in [0, 0.1) is 25.7 Å². The quantitative estimate of drug-likeness (QED) is 0.160. The summed E-state index contributed by atoms with van der Waals surface area (Å²) in [6.45, 7) is 4.54. The predicted molar refractivity (Wildman–Crippen MR) is 225 cm³/mol. The van der Waals surface area contributed by atoms with Crippen LogP contribution in [0.4, 0.5) is 0 Å². The van der Waals surface area contributed by atoms with Gasteiger partial charge in [-0.15, -0.1) is 0 Å². The van der Waals surface area contributed by atoms with Crippen LogP contribution in [0.15, 0.2) is 146 Å². The SMILES string of the molecule is C.C.Cc1ccc2c(c1P(c1ccccc1)c1ccccc1)OC13Oc4c(ccc(C)c4P(c4ccccc4)c4ccccc4)C[C@H]1CCC[C@@H]3C2. The number of ether oxygens (including phenoxy) is 2. The Morgan fingerprint density at radius 1 is 0.462 bits per heavy atom. The molecule has 0 aromatic heterocycles. The van der Waals surface area contributed by atoms with Crippen LogP contribution in [0.5, 0.6) is 11.5 Å². The fourth-order valence-corrected chi connectivity index (χ4v) is 13.8. The van der Waals surface area contributed by atoms with Crippen LogP contribution >= 0.6 is 15.8 Å². The number of aryl methyl sites for hydroxylation is 2. The number of benzene rings is 6. The van der Waals surface area contributed by atoms with Gasteiger partial charge in [0.15, 0.2) is 0 Å². The second-order valence-corrected chi connectivity index (χ2v) is 18.4. The van der Waals surface area contributed by atoms with Crippen molar-refractivity contribution in [3.8, 4) is 11.5 Å². The lowest BCUT2D eigenvalue weighted by Gasteiger charge is -2.54. The van der Waals surface area contributed by atoms with Crippen LogP contribution in [0.25, 0.3) is 0 Å². The van der Waals surface area contributed by atoms with Gasteiger partial charge in [-0.2, -0.15) is 0 Å². The predicted octanol–water partition coefficient (Wildman–Crippen LogP) is 9.77. The van der Waals surface area contributed by atoms with Gasteiger partial charge in [-0.1, -0.05) is 167 Å². The second-order valence-electron chi connectivity index (χ2n) is 14.1. The van der Waals surface area contributed by atoms with Crippen LogP contribution in [-0.2, 0) is 12.8 Å². The van der Waals surface area contributed by atoms with Crippen LogP contribution in [0.1, 0.15) is 56.4 Å². The van der Waals surface area contributed by atoms with E-state index >= 15 is 0 Å². The van der Waals surface area contributed by atoms with Gasteiger partial charge < -0.3 is 9.47 Å². The molecule has 0 saturated heterocycles. The Balaban J connectivity index is 0.00000210. The molecule has 4 heteroatoms. The molecule has 1 fully saturated rings. The third-order valence-electron chi connectivity index (χ3n) is 11.0. The minimum Gasteiger partial charge on any atom is -0.451 e. The second kappa shape index (κ2) is 15.0. The maximum atomic E-state index is 7.71. The molecule has 6 aromatic rings. The lowest BCUT2D eigenvalue weighted by Crippen LogP contribution is -2.62. The molecule has 0 radical (unpaired) electrons. The summed E-state index contributed by atoms with van der Waals surface area (Å²) in [7, 11) is -1.69. The van der Waals surface area contributed by atoms with E-state index in [0.29, 0.717) is 11.8 Å². The van der Waals surface area contributed by atoms with Gasteiger partial charge in [0.2, 0.25) is 0 Å². The molecule has 2 aliphatic heterocycles. The normalized spacial score (nSPS) is 19.8. The summed E-state index contributed by atoms with van der Waals surface area (Å²) in [5, 5.41) is 8.05. The molecule has 3 aliphatic rings. The number of rotatable bonds is 6. The molecule has 9 rings (SSSR count). The van der Waals surface area contributed by atoms with Crippen molar-refractivity contribution in [1.82, 2.24) is 0 Å². The number of fused-ring (bicyclic) bond motifs is 2. The van der Waals surface area contributed by atoms with E-state index in [0.717, 1.165) is 37.2 Å². The molecule has 1 spiro atoms. The van der Waals surface area contributed by atoms with Gasteiger partial charge in [-0.25, -0.2) is 0 Å². The molecular weight excluding hydrogens is 670 g/mol. The van der Waals surface area contributed by atoms with Crippen molar-refractivity contribution in [3.63, 3.8) is 0 Å². The fraction of sp³-hybridized carbons (Fsp3) is 0.250. The van der Waals surface area contributed by atoms with Crippen LogP contribution < -0.4 is 41.3 Å². The summed E-state index contributed by atoms with van der Waals surface area (Å²) in [6, 6.07) is 53.6. The zero-order valence-electron chi connectivity index (χ0n) is 28.8. The maximum Gasteiger partial charge on any atom is 0.257 e. The van der Waals surface area contributed by atoms with Crippen molar-refractivity contribution in [2.24, 2.45) is 11.8 Å². The smallest absolute Gasteiger partial charge is 0.257 e. The molecule has 6 aromatic carbocycles. The minimum atomic E-state index is -0.846. The standard InChI is InChI=1S/C46H42O2P2.2CH4/c1-32-26-28-34-30-36-16-15-17-37-31-35-29-27-33(2)45(50(40-22-11-5-12-23-40)41-24-13-6-14-25-41)43(35)48-46(36,37)47-42(34)44(32)49(38-18-7-3-8-19-38)39-20-9-4-10-21-39;;/h3-14,18-29,36-37H,15-17,30-31H2,1-2H3;2*1H4/t36-,37-,46?;;/m1../s1. The van der Waals surface area contributed by atoms with E-state index in [1.165, 1.54) is 60.5 Å². The van der Waals surface area contributed by atoms with E-state index in [1.807, 2.05) is 0 Å². The third-order valence-corrected chi connectivity index (χ3v) is 16.3. The van der Waals surface area contributed by atoms with E-state index in [4.69, 9.17) is 9.47 Å². The molecule has 1 saturated carbocycles. The highest BCUT2D eigenvalue weighted by Crippen LogP contribution is 2.55. The molecular formula is C48H50O2P2. The Bertz CT molecular complexity index is 1900. The lowest BCUT2D eigenvalue weighted by atomic mass is 9.68. The lowest BCUT2D eigenvalue weighted by molar-refractivity contribution is -0.225. The average Bonchev–Trinajstić information content (AvgIpc) is 3.16. The maximum absolute atomic E-state index is 7.71. The first-order valence-electron chi connectivity index (χ1n) is 18.0. The molecule has 0 amide bonds. The molecule has 2 heterocycles. The van der Waals surface area contributed by atoms with Gasteiger partial charge in [0, 0.05) is 22.4 Å². The minimum absolute atomic E-state index is 0. The summed E-state index contributed by atoms with van der Waals surface area (Å²) in [6.07, 6.45) is 5.41. The molecule has 2 atom stereocenters. The van der Waals surface area contributed by atoms with Gasteiger partial charge in [0.25, 0.3) is 5.79 Å². The van der Waals surface area contributed by atoms with Crippen LogP contribution in [0.2, 0.25) is 0 Å². The Kier molecular flexibility index (Phi) is 10.4. The van der Waals surface area contributed by atoms with Crippen molar-refractivity contribution in [2.75, 3.05) is 0 Å². The summed E-state index contributed by atoms with van der Waals surface area (Å²) in [5.74, 6) is 2.03. The van der Waals surface area contributed by atoms with Crippen molar-refractivity contribution in [3.05, 3.63) is 168 Å². The van der Waals surface area contributed by atoms with Crippen LogP contribution in [-0.4, -0.2) is 5.79 Å². The van der Waals surface area contributed by atoms with Crippen molar-refractivity contribution in [1.29, 1.82) is 0 Å². The molecule has 264 valence electrons. The number of hydrogen-bond donors (Lipinski definition) is 0. The van der Waals surface area contributed by atoms with Gasteiger partial charge in [0.1, 0.15) is 11.5 Å². The van der Waals surface area contributed by atoms with Crippen LogP contribution in [0.3, 0.4) is 0 Å². The first-order chi connectivity index (χ1) is 24.6. The largest absolute Gasteiger partial charge is 0.451 e. The third kappa shape index (κ3) is 6.19. The molecule has 1 aliphatic carbocycles. The Labute approximate surface area is 313 Å². The zero-order chi connectivity index (χ0) is 33.7. The summed E-state index contributed by atoms with van der Waals surface area (Å²) in [4.78, 5) is 0. The molecule has 2 nitrogen and oxygen atoms in total. The van der Waals surface area contributed by atoms with Crippen molar-refractivity contribution < 1.29 is 9.47 Å². The first-order valence-corrected chi connectivity index (χ1v) is 20.7. The fourth-order valence-electron chi connectivity index (χ4n) is 8.69. The molecule has 52 heavy (non-hydrogen) atoms. The Morgan fingerprint density at radius 3 is 1.12 bits per heavy atom. The highest BCUT2D eigenvalue weighted by atomic mass is 31.1. The van der Waals surface area contributed by atoms with Crippen molar-refractivity contribution >= 4 is 47.7 Å². The average molecular weight is 721 g/mol. The molecule has 0 unspecified atom stereocenters. The summed E-state index contributed by atoms with van der Waals surface area (Å²) < 4.78 is 15.4. The van der Waals surface area contributed by atoms with Gasteiger partial charge in [0.05, 0.1) is 0 Å². The Hall–Kier alpha value is -4.22. The van der Waals surface area contributed by atoms with E-state index in [1.54, 1.807) is 0 Å². The van der Waals surface area contributed by atoms with E-state index in [-0.39, 0.29) is 14.9 Å². The van der Waals surface area contributed by atoms with Gasteiger partial charge in [-0.3, -0.25) is 0 Å². The number of hydrogen-bond acceptors (Lipinski definition) is 2. The zero-order valence-corrected chi connectivity index (χ0v) is 30.5. The Morgan fingerprint density at radius 2 is 0.788 bits per heavy atom. The topological polar surface area (TPSA) is 18.5 Å². The van der Waals surface area contributed by atoms with E-state index in [9.17, 15) is 0 Å². The highest BCUT2D eigenvalue weighted by Gasteiger charge is 2.58. The summed E-state index contributed by atoms with van der Waals surface area (Å²) >= 11 is 0. The summed E-state index contributed by atoms with van der Waals surface area (Å²) in [5.41, 5.74) is 5.23. The molecule has 0 N–H and O–H groups in total.